The van der Waals surface area contributed by atoms with Gasteiger partial charge in [0.05, 0.1) is 6.54 Å². The number of rotatable bonds is 7. The number of hydroxylamine groups is 1. The summed E-state index contributed by atoms with van der Waals surface area (Å²) in [6, 6.07) is 8.66. The molecule has 172 valence electrons. The average molecular weight is 465 g/mol. The van der Waals surface area contributed by atoms with Gasteiger partial charge < -0.3 is 10.6 Å². The van der Waals surface area contributed by atoms with Crippen LogP contribution in [0.15, 0.2) is 54.6 Å². The molecule has 3 rings (SSSR count). The van der Waals surface area contributed by atoms with Gasteiger partial charge in [-0.05, 0) is 41.0 Å². The van der Waals surface area contributed by atoms with E-state index in [-0.39, 0.29) is 16.8 Å². The number of anilines is 1. The predicted molar refractivity (Wildman–Crippen MR) is 107 cm³/mol. The first-order valence-corrected chi connectivity index (χ1v) is 9.36. The minimum atomic E-state index is -1.60. The van der Waals surface area contributed by atoms with Crippen molar-refractivity contribution in [2.45, 2.75) is 6.04 Å². The van der Waals surface area contributed by atoms with E-state index in [1.807, 2.05) is 0 Å². The smallest absolute Gasteiger partial charge is 0.270 e. The van der Waals surface area contributed by atoms with Crippen molar-refractivity contribution in [3.05, 3.63) is 89.2 Å². The van der Waals surface area contributed by atoms with Gasteiger partial charge in [0.2, 0.25) is 5.91 Å². The largest absolute Gasteiger partial charge is 0.376 e. The summed E-state index contributed by atoms with van der Waals surface area (Å²) in [7, 11) is 0. The zero-order chi connectivity index (χ0) is 24.1. The lowest BCUT2D eigenvalue weighted by Gasteiger charge is -2.18. The van der Waals surface area contributed by atoms with Crippen molar-refractivity contribution < 1.29 is 36.7 Å². The second-order valence-corrected chi connectivity index (χ2v) is 6.83. The summed E-state index contributed by atoms with van der Waals surface area (Å²) < 4.78 is 66.3. The van der Waals surface area contributed by atoms with E-state index in [0.29, 0.717) is 5.56 Å². The SMILES string of the molecule is O=C(CNc1ccc(F)c(F)c1)NC(C(=O)NO)c1ccc(-c2cc(F)c(F)c(F)c2)cc1. The molecule has 0 heterocycles. The van der Waals surface area contributed by atoms with Gasteiger partial charge in [-0.1, -0.05) is 24.3 Å². The number of carbonyl (C=O) groups excluding carboxylic acids is 2. The molecule has 33 heavy (non-hydrogen) atoms. The Morgan fingerprint density at radius 3 is 2.00 bits per heavy atom. The van der Waals surface area contributed by atoms with Gasteiger partial charge in [0.15, 0.2) is 29.1 Å². The zero-order valence-electron chi connectivity index (χ0n) is 16.6. The van der Waals surface area contributed by atoms with Gasteiger partial charge >= 0.3 is 0 Å². The highest BCUT2D eigenvalue weighted by Gasteiger charge is 2.23. The van der Waals surface area contributed by atoms with Gasteiger partial charge in [-0.15, -0.1) is 0 Å². The van der Waals surface area contributed by atoms with E-state index in [2.05, 4.69) is 10.6 Å². The summed E-state index contributed by atoms with van der Waals surface area (Å²) in [4.78, 5) is 24.3. The van der Waals surface area contributed by atoms with Crippen LogP contribution in [0, 0.1) is 29.1 Å². The molecule has 0 saturated heterocycles. The fourth-order valence-electron chi connectivity index (χ4n) is 2.96. The molecular weight excluding hydrogens is 449 g/mol. The van der Waals surface area contributed by atoms with Crippen LogP contribution in [0.3, 0.4) is 0 Å². The van der Waals surface area contributed by atoms with Crippen LogP contribution < -0.4 is 16.1 Å². The molecule has 0 aliphatic rings. The number of hydrogen-bond acceptors (Lipinski definition) is 4. The fraction of sp³-hybridized carbons (Fsp3) is 0.0909. The van der Waals surface area contributed by atoms with Gasteiger partial charge in [-0.2, -0.15) is 0 Å². The Bertz CT molecular complexity index is 1170. The van der Waals surface area contributed by atoms with Gasteiger partial charge in [-0.3, -0.25) is 14.8 Å². The van der Waals surface area contributed by atoms with Crippen molar-refractivity contribution >= 4 is 17.5 Å². The lowest BCUT2D eigenvalue weighted by atomic mass is 10.00. The maximum absolute atomic E-state index is 13.5. The second kappa shape index (κ2) is 10.1. The van der Waals surface area contributed by atoms with E-state index in [0.717, 1.165) is 24.3 Å². The topological polar surface area (TPSA) is 90.5 Å². The first kappa shape index (κ1) is 23.7. The van der Waals surface area contributed by atoms with Crippen LogP contribution in [-0.2, 0) is 9.59 Å². The third kappa shape index (κ3) is 5.63. The Morgan fingerprint density at radius 1 is 0.788 bits per heavy atom. The molecule has 3 aromatic rings. The number of nitrogens with one attached hydrogen (secondary N) is 3. The molecule has 0 radical (unpaired) electrons. The van der Waals surface area contributed by atoms with E-state index in [1.165, 1.54) is 35.8 Å². The summed E-state index contributed by atoms with van der Waals surface area (Å²) in [5.74, 6) is -8.21. The van der Waals surface area contributed by atoms with Crippen molar-refractivity contribution in [2.24, 2.45) is 0 Å². The Morgan fingerprint density at radius 2 is 1.42 bits per heavy atom. The van der Waals surface area contributed by atoms with E-state index < -0.39 is 53.5 Å². The molecule has 4 N–H and O–H groups in total. The molecule has 0 aliphatic heterocycles. The highest BCUT2D eigenvalue weighted by atomic mass is 19.2. The number of hydrogen-bond donors (Lipinski definition) is 4. The predicted octanol–water partition coefficient (Wildman–Crippen LogP) is 3.82. The molecule has 11 heteroatoms. The van der Waals surface area contributed by atoms with Crippen LogP contribution in [-0.4, -0.2) is 23.6 Å². The van der Waals surface area contributed by atoms with Crippen molar-refractivity contribution in [1.82, 2.24) is 10.8 Å². The molecule has 1 unspecified atom stereocenters. The molecule has 0 aromatic heterocycles. The minimum Gasteiger partial charge on any atom is -0.376 e. The lowest BCUT2D eigenvalue weighted by Crippen LogP contribution is -2.41. The Labute approximate surface area is 184 Å². The average Bonchev–Trinajstić information content (AvgIpc) is 2.81. The Hall–Kier alpha value is -3.99. The summed E-state index contributed by atoms with van der Waals surface area (Å²) in [6.45, 7) is -0.410. The van der Waals surface area contributed by atoms with Crippen LogP contribution in [0.5, 0.6) is 0 Å². The Kier molecular flexibility index (Phi) is 7.23. The minimum absolute atomic E-state index is 0.0425. The van der Waals surface area contributed by atoms with Crippen LogP contribution in [0.25, 0.3) is 11.1 Å². The molecule has 0 aliphatic carbocycles. The van der Waals surface area contributed by atoms with Crippen molar-refractivity contribution in [1.29, 1.82) is 0 Å². The highest BCUT2D eigenvalue weighted by Crippen LogP contribution is 2.25. The number of carbonyl (C=O) groups is 2. The summed E-state index contributed by atoms with van der Waals surface area (Å²) in [5.41, 5.74) is 2.08. The van der Waals surface area contributed by atoms with Crippen molar-refractivity contribution in [3.63, 3.8) is 0 Å². The van der Waals surface area contributed by atoms with Crippen LogP contribution in [0.2, 0.25) is 0 Å². The monoisotopic (exact) mass is 465 g/mol. The molecule has 3 aromatic carbocycles. The van der Waals surface area contributed by atoms with Crippen molar-refractivity contribution in [3.8, 4) is 11.1 Å². The molecule has 0 saturated carbocycles. The molecule has 0 fully saturated rings. The van der Waals surface area contributed by atoms with Gasteiger partial charge in [0, 0.05) is 11.8 Å². The Balaban J connectivity index is 1.73. The molecule has 0 spiro atoms. The first-order chi connectivity index (χ1) is 15.7. The molecule has 1 atom stereocenters. The molecular formula is C22H16F5N3O3. The van der Waals surface area contributed by atoms with E-state index in [1.54, 1.807) is 0 Å². The van der Waals surface area contributed by atoms with Crippen LogP contribution in [0.1, 0.15) is 11.6 Å². The zero-order valence-corrected chi connectivity index (χ0v) is 16.6. The van der Waals surface area contributed by atoms with E-state index in [9.17, 15) is 31.5 Å². The normalized spacial score (nSPS) is 11.6. The summed E-state index contributed by atoms with van der Waals surface area (Å²) >= 11 is 0. The third-order valence-electron chi connectivity index (χ3n) is 4.61. The standard InChI is InChI=1S/C22H16F5N3O3/c23-15-6-5-14(9-16(15)24)28-10-19(31)29-21(22(32)30-33)12-3-1-11(2-4-12)13-7-17(25)20(27)18(26)8-13/h1-9,21,28,33H,10H2,(H,29,31)(H,30,32). The van der Waals surface area contributed by atoms with Gasteiger partial charge in [0.25, 0.3) is 5.91 Å². The number of amides is 2. The summed E-state index contributed by atoms with van der Waals surface area (Å²) in [6.07, 6.45) is 0. The second-order valence-electron chi connectivity index (χ2n) is 6.83. The first-order valence-electron chi connectivity index (χ1n) is 9.36. The fourth-order valence-corrected chi connectivity index (χ4v) is 2.96. The van der Waals surface area contributed by atoms with Crippen LogP contribution in [0.4, 0.5) is 27.6 Å². The highest BCUT2D eigenvalue weighted by molar-refractivity contribution is 5.89. The molecule has 2 amide bonds. The van der Waals surface area contributed by atoms with Crippen LogP contribution >= 0.6 is 0 Å². The molecule has 6 nitrogen and oxygen atoms in total. The quantitative estimate of drug-likeness (QED) is 0.185. The van der Waals surface area contributed by atoms with Crippen molar-refractivity contribution in [2.75, 3.05) is 11.9 Å². The maximum atomic E-state index is 13.5. The van der Waals surface area contributed by atoms with E-state index in [4.69, 9.17) is 5.21 Å². The lowest BCUT2D eigenvalue weighted by molar-refractivity contribution is -0.134. The number of benzene rings is 3. The van der Waals surface area contributed by atoms with Gasteiger partial charge in [-0.25, -0.2) is 27.4 Å². The summed E-state index contributed by atoms with van der Waals surface area (Å²) in [5, 5.41) is 13.9. The number of halogens is 5. The van der Waals surface area contributed by atoms with Gasteiger partial charge in [0.1, 0.15) is 6.04 Å². The maximum Gasteiger partial charge on any atom is 0.270 e. The van der Waals surface area contributed by atoms with E-state index >= 15 is 0 Å². The molecule has 0 bridgehead atoms. The third-order valence-corrected chi connectivity index (χ3v) is 4.61.